The molecule has 144 valence electrons. The van der Waals surface area contributed by atoms with Gasteiger partial charge in [0.15, 0.2) is 0 Å². The van der Waals surface area contributed by atoms with E-state index in [1.165, 1.54) is 12.8 Å². The molecule has 0 unspecified atom stereocenters. The van der Waals surface area contributed by atoms with Crippen LogP contribution in [0.25, 0.3) is 22.0 Å². The lowest BCUT2D eigenvalue weighted by molar-refractivity contribution is 0.0880. The van der Waals surface area contributed by atoms with Crippen LogP contribution in [0.2, 0.25) is 5.02 Å². The van der Waals surface area contributed by atoms with Gasteiger partial charge in [-0.3, -0.25) is 19.8 Å². The number of rotatable bonds is 3. The highest BCUT2D eigenvalue weighted by Gasteiger charge is 2.34. The van der Waals surface area contributed by atoms with E-state index in [0.717, 1.165) is 41.7 Å². The molecule has 0 radical (unpaired) electrons. The van der Waals surface area contributed by atoms with Crippen molar-refractivity contribution in [3.05, 3.63) is 58.2 Å². The van der Waals surface area contributed by atoms with Crippen LogP contribution in [0.1, 0.15) is 40.5 Å². The molecule has 0 atom stereocenters. The number of aromatic nitrogens is 1. The van der Waals surface area contributed by atoms with Crippen LogP contribution in [-0.4, -0.2) is 34.4 Å². The number of hydrogen-bond donors (Lipinski definition) is 1. The maximum atomic E-state index is 12.8. The van der Waals surface area contributed by atoms with Gasteiger partial charge in [0, 0.05) is 42.7 Å². The number of carbonyl (C=O) groups is 2. The lowest BCUT2D eigenvalue weighted by Crippen LogP contribution is -2.20. The molecule has 0 bridgehead atoms. The van der Waals surface area contributed by atoms with E-state index in [1.807, 2.05) is 35.9 Å². The van der Waals surface area contributed by atoms with E-state index in [1.54, 1.807) is 6.07 Å². The minimum Gasteiger partial charge on any atom is -0.350 e. The lowest BCUT2D eigenvalue weighted by atomic mass is 9.92. The Morgan fingerprint density at radius 1 is 1.07 bits per heavy atom. The van der Waals surface area contributed by atoms with Gasteiger partial charge in [0.25, 0.3) is 11.8 Å². The van der Waals surface area contributed by atoms with Crippen molar-refractivity contribution < 1.29 is 11.0 Å². The molecule has 2 amide bonds. The Kier molecular flexibility index (Phi) is 4.03. The number of amides is 2. The second kappa shape index (κ2) is 6.47. The highest BCUT2D eigenvalue weighted by molar-refractivity contribution is 6.35. The number of benzene rings is 2. The number of likely N-dealkylation sites (tertiary alicyclic amines) is 1. The summed E-state index contributed by atoms with van der Waals surface area (Å²) in [7, 11) is 1.98. The summed E-state index contributed by atoms with van der Waals surface area (Å²) in [5, 5.41) is 3.93. The summed E-state index contributed by atoms with van der Waals surface area (Å²) >= 11 is 6.42. The fraction of sp³-hybridized carbons (Fsp3) is 0.273. The van der Waals surface area contributed by atoms with Crippen LogP contribution < -0.4 is 5.32 Å². The number of nitrogens with one attached hydrogen (secondary N) is 1. The minimum atomic E-state index is -0.354. The maximum Gasteiger partial charge on any atom is 0.259 e. The zero-order valence-electron chi connectivity index (χ0n) is 15.6. The molecule has 2 aromatic carbocycles. The molecule has 28 heavy (non-hydrogen) atoms. The van der Waals surface area contributed by atoms with Crippen molar-refractivity contribution in [2.45, 2.75) is 19.4 Å². The quantitative estimate of drug-likeness (QED) is 0.675. The third-order valence-corrected chi connectivity index (χ3v) is 6.12. The van der Waals surface area contributed by atoms with Crippen LogP contribution in [0.15, 0.2) is 36.5 Å². The Bertz CT molecular complexity index is 1150. The lowest BCUT2D eigenvalue weighted by Gasteiger charge is -2.15. The number of fused-ring (bicyclic) bond motifs is 3. The van der Waals surface area contributed by atoms with Crippen molar-refractivity contribution in [1.82, 2.24) is 14.8 Å². The number of halogens is 1. The van der Waals surface area contributed by atoms with E-state index in [0.29, 0.717) is 21.7 Å². The molecular weight excluding hydrogens is 374 g/mol. The van der Waals surface area contributed by atoms with Crippen LogP contribution >= 0.6 is 11.6 Å². The van der Waals surface area contributed by atoms with E-state index >= 15 is 0 Å². The van der Waals surface area contributed by atoms with Gasteiger partial charge < -0.3 is 4.57 Å². The number of imide groups is 1. The topological polar surface area (TPSA) is 54.3 Å². The Balaban J connectivity index is 0.00000205. The standard InChI is InChI=1S/C22H20ClN3O2.H2/c1-25-11-13(12-26-8-4-5-9-26)18-17(25)10-15(14-6-2-3-7-16(14)23)19-20(18)22(28)24-21(19)27;/h2-3,6-7,10-11H,4-5,8-9,12H2,1H3,(H,24,27,28);1H. The van der Waals surface area contributed by atoms with Crippen LogP contribution in [0.5, 0.6) is 0 Å². The average molecular weight is 396 g/mol. The Morgan fingerprint density at radius 2 is 1.79 bits per heavy atom. The monoisotopic (exact) mass is 395 g/mol. The minimum absolute atomic E-state index is 0. The predicted octanol–water partition coefficient (Wildman–Crippen LogP) is 4.22. The zero-order valence-corrected chi connectivity index (χ0v) is 16.3. The molecular formula is C22H22ClN3O2. The summed E-state index contributed by atoms with van der Waals surface area (Å²) in [6.07, 6.45) is 4.49. The molecule has 3 aromatic rings. The van der Waals surface area contributed by atoms with Gasteiger partial charge in [-0.15, -0.1) is 0 Å². The number of hydrogen-bond acceptors (Lipinski definition) is 3. The second-order valence-electron chi connectivity index (χ2n) is 7.58. The first-order valence-corrected chi connectivity index (χ1v) is 9.90. The van der Waals surface area contributed by atoms with E-state index in [4.69, 9.17) is 11.6 Å². The highest BCUT2D eigenvalue weighted by Crippen LogP contribution is 2.40. The Hall–Kier alpha value is -2.63. The third kappa shape index (κ3) is 2.58. The summed E-state index contributed by atoms with van der Waals surface area (Å²) < 4.78 is 2.04. The Morgan fingerprint density at radius 3 is 2.54 bits per heavy atom. The van der Waals surface area contributed by atoms with Gasteiger partial charge in [0.2, 0.25) is 0 Å². The normalized spacial score (nSPS) is 16.8. The zero-order chi connectivity index (χ0) is 19.4. The molecule has 6 heteroatoms. The fourth-order valence-electron chi connectivity index (χ4n) is 4.52. The van der Waals surface area contributed by atoms with Crippen LogP contribution in [0.3, 0.4) is 0 Å². The van der Waals surface area contributed by atoms with Crippen LogP contribution in [0.4, 0.5) is 0 Å². The van der Waals surface area contributed by atoms with E-state index in [9.17, 15) is 9.59 Å². The molecule has 1 N–H and O–H groups in total. The van der Waals surface area contributed by atoms with Gasteiger partial charge in [-0.25, -0.2) is 0 Å². The van der Waals surface area contributed by atoms with Crippen molar-refractivity contribution in [3.8, 4) is 11.1 Å². The summed E-state index contributed by atoms with van der Waals surface area (Å²) in [5.74, 6) is -0.680. The molecule has 1 fully saturated rings. The average Bonchev–Trinajstić information content (AvgIpc) is 3.36. The SMILES string of the molecule is Cn1cc(CN2CCCC2)c2c3c(c(-c4ccccc4Cl)cc21)C(=O)NC3=O.[HH]. The third-order valence-electron chi connectivity index (χ3n) is 5.79. The van der Waals surface area contributed by atoms with Crippen molar-refractivity contribution >= 4 is 34.3 Å². The molecule has 1 saturated heterocycles. The smallest absolute Gasteiger partial charge is 0.259 e. The second-order valence-corrected chi connectivity index (χ2v) is 7.99. The van der Waals surface area contributed by atoms with E-state index in [-0.39, 0.29) is 13.2 Å². The van der Waals surface area contributed by atoms with Gasteiger partial charge in [0.1, 0.15) is 0 Å². The summed E-state index contributed by atoms with van der Waals surface area (Å²) in [4.78, 5) is 27.9. The molecule has 0 spiro atoms. The molecule has 0 aliphatic carbocycles. The van der Waals surface area contributed by atoms with E-state index in [2.05, 4.69) is 16.4 Å². The van der Waals surface area contributed by atoms with Gasteiger partial charge >= 0.3 is 0 Å². The van der Waals surface area contributed by atoms with Crippen molar-refractivity contribution in [3.63, 3.8) is 0 Å². The fourth-order valence-corrected chi connectivity index (χ4v) is 4.76. The largest absolute Gasteiger partial charge is 0.350 e. The van der Waals surface area contributed by atoms with Gasteiger partial charge in [-0.05, 0) is 49.2 Å². The summed E-state index contributed by atoms with van der Waals surface area (Å²) in [6, 6.07) is 9.41. The first-order valence-electron chi connectivity index (χ1n) is 9.52. The van der Waals surface area contributed by atoms with Crippen LogP contribution in [0, 0.1) is 0 Å². The maximum absolute atomic E-state index is 12.8. The predicted molar refractivity (Wildman–Crippen MR) is 112 cm³/mol. The van der Waals surface area contributed by atoms with Gasteiger partial charge in [-0.1, -0.05) is 29.8 Å². The first kappa shape index (κ1) is 17.5. The molecule has 5 rings (SSSR count). The summed E-state index contributed by atoms with van der Waals surface area (Å²) in [6.45, 7) is 2.93. The first-order chi connectivity index (χ1) is 13.5. The molecule has 5 nitrogen and oxygen atoms in total. The van der Waals surface area contributed by atoms with Crippen LogP contribution in [-0.2, 0) is 13.6 Å². The summed E-state index contributed by atoms with van der Waals surface area (Å²) in [5.41, 5.74) is 4.39. The molecule has 0 saturated carbocycles. The molecule has 2 aliphatic rings. The van der Waals surface area contributed by atoms with Gasteiger partial charge in [-0.2, -0.15) is 0 Å². The van der Waals surface area contributed by atoms with E-state index < -0.39 is 0 Å². The number of nitrogens with zero attached hydrogens (tertiary/aromatic N) is 2. The number of aryl methyl sites for hydroxylation is 1. The molecule has 1 aromatic heterocycles. The highest BCUT2D eigenvalue weighted by atomic mass is 35.5. The van der Waals surface area contributed by atoms with Crippen molar-refractivity contribution in [2.75, 3.05) is 13.1 Å². The van der Waals surface area contributed by atoms with Crippen molar-refractivity contribution in [1.29, 1.82) is 0 Å². The van der Waals surface area contributed by atoms with Gasteiger partial charge in [0.05, 0.1) is 11.1 Å². The molecule has 3 heterocycles. The Labute approximate surface area is 169 Å². The van der Waals surface area contributed by atoms with Crippen molar-refractivity contribution in [2.24, 2.45) is 7.05 Å². The molecule has 2 aliphatic heterocycles. The number of carbonyl (C=O) groups excluding carboxylic acids is 2.